The summed E-state index contributed by atoms with van der Waals surface area (Å²) >= 11 is 0. The van der Waals surface area contributed by atoms with Crippen LogP contribution in [0.4, 0.5) is 0 Å². The van der Waals surface area contributed by atoms with Crippen molar-refractivity contribution in [2.75, 3.05) is 0 Å². The summed E-state index contributed by atoms with van der Waals surface area (Å²) in [7, 11) is 0. The molecule has 0 atom stereocenters. The summed E-state index contributed by atoms with van der Waals surface area (Å²) in [4.78, 5) is 11.7. The summed E-state index contributed by atoms with van der Waals surface area (Å²) in [5, 5.41) is 3.95. The van der Waals surface area contributed by atoms with Crippen molar-refractivity contribution in [3.8, 4) is 11.1 Å². The van der Waals surface area contributed by atoms with Crippen LogP contribution in [0.5, 0.6) is 0 Å². The van der Waals surface area contributed by atoms with Crippen molar-refractivity contribution in [2.24, 2.45) is 0 Å². The van der Waals surface area contributed by atoms with Gasteiger partial charge in [0.15, 0.2) is 5.78 Å². The van der Waals surface area contributed by atoms with Crippen LogP contribution >= 0.6 is 0 Å². The number of nitrogens with zero attached hydrogens (tertiary/aromatic N) is 1. The lowest BCUT2D eigenvalue weighted by atomic mass is 9.99. The van der Waals surface area contributed by atoms with Crippen molar-refractivity contribution in [1.29, 1.82) is 0 Å². The van der Waals surface area contributed by atoms with E-state index in [1.165, 1.54) is 0 Å². The summed E-state index contributed by atoms with van der Waals surface area (Å²) in [6, 6.07) is 6.06. The molecule has 3 heteroatoms. The minimum atomic E-state index is 0.244. The molecule has 17 heavy (non-hydrogen) atoms. The third-order valence-electron chi connectivity index (χ3n) is 3.35. The van der Waals surface area contributed by atoms with Crippen molar-refractivity contribution < 1.29 is 9.32 Å². The van der Waals surface area contributed by atoms with E-state index in [-0.39, 0.29) is 5.78 Å². The number of carbonyl (C=O) groups is 1. The normalized spacial score (nSPS) is 14.1. The van der Waals surface area contributed by atoms with Crippen molar-refractivity contribution >= 4 is 5.78 Å². The maximum Gasteiger partial charge on any atom is 0.163 e. The highest BCUT2D eigenvalue weighted by atomic mass is 16.5. The Bertz CT molecular complexity index is 591. The fourth-order valence-corrected chi connectivity index (χ4v) is 2.49. The summed E-state index contributed by atoms with van der Waals surface area (Å²) in [5.74, 6) is 1.04. The molecule has 0 fully saturated rings. The molecule has 0 saturated carbocycles. The van der Waals surface area contributed by atoms with E-state index in [1.807, 2.05) is 32.0 Å². The van der Waals surface area contributed by atoms with E-state index in [1.54, 1.807) is 0 Å². The monoisotopic (exact) mass is 227 g/mol. The van der Waals surface area contributed by atoms with Gasteiger partial charge >= 0.3 is 0 Å². The van der Waals surface area contributed by atoms with E-state index < -0.39 is 0 Å². The molecule has 86 valence electrons. The standard InChI is InChI=1S/C14H13NO2/c1-8-14(9(2)17-15-8)11-4-3-10-5-6-13(16)12(10)7-11/h3-4,7H,5-6H2,1-2H3. The summed E-state index contributed by atoms with van der Waals surface area (Å²) in [6.07, 6.45) is 1.51. The molecule has 0 saturated heterocycles. The van der Waals surface area contributed by atoms with Gasteiger partial charge in [-0.25, -0.2) is 0 Å². The first-order valence-electron chi connectivity index (χ1n) is 5.76. The number of hydrogen-bond acceptors (Lipinski definition) is 3. The van der Waals surface area contributed by atoms with E-state index in [9.17, 15) is 4.79 Å². The molecule has 1 aliphatic carbocycles. The van der Waals surface area contributed by atoms with Crippen LogP contribution in [0.2, 0.25) is 0 Å². The highest BCUT2D eigenvalue weighted by molar-refractivity contribution is 6.01. The maximum absolute atomic E-state index is 11.7. The summed E-state index contributed by atoms with van der Waals surface area (Å²) < 4.78 is 5.16. The Kier molecular flexibility index (Phi) is 2.15. The lowest BCUT2D eigenvalue weighted by molar-refractivity contribution is 0.0994. The zero-order valence-corrected chi connectivity index (χ0v) is 9.91. The Labute approximate surface area is 99.4 Å². The van der Waals surface area contributed by atoms with Crippen molar-refractivity contribution in [3.63, 3.8) is 0 Å². The second-order valence-electron chi connectivity index (χ2n) is 4.49. The Hall–Kier alpha value is -1.90. The molecule has 1 heterocycles. The van der Waals surface area contributed by atoms with E-state index in [4.69, 9.17) is 4.52 Å². The van der Waals surface area contributed by atoms with E-state index in [0.29, 0.717) is 6.42 Å². The van der Waals surface area contributed by atoms with Crippen LogP contribution in [0.15, 0.2) is 22.7 Å². The van der Waals surface area contributed by atoms with Gasteiger partial charge in [-0.3, -0.25) is 4.79 Å². The van der Waals surface area contributed by atoms with E-state index in [0.717, 1.165) is 40.1 Å². The largest absolute Gasteiger partial charge is 0.361 e. The zero-order valence-electron chi connectivity index (χ0n) is 9.91. The SMILES string of the molecule is Cc1noc(C)c1-c1ccc2c(c1)C(=O)CC2. The van der Waals surface area contributed by atoms with Gasteiger partial charge in [-0.2, -0.15) is 0 Å². The molecule has 0 bridgehead atoms. The second-order valence-corrected chi connectivity index (χ2v) is 4.49. The Balaban J connectivity index is 2.18. The van der Waals surface area contributed by atoms with Crippen LogP contribution in [-0.4, -0.2) is 10.9 Å². The van der Waals surface area contributed by atoms with Crippen LogP contribution < -0.4 is 0 Å². The van der Waals surface area contributed by atoms with E-state index >= 15 is 0 Å². The smallest absolute Gasteiger partial charge is 0.163 e. The number of aryl methyl sites for hydroxylation is 3. The van der Waals surface area contributed by atoms with Gasteiger partial charge < -0.3 is 4.52 Å². The number of hydrogen-bond donors (Lipinski definition) is 0. The number of rotatable bonds is 1. The molecular formula is C14H13NO2. The second kappa shape index (κ2) is 3.55. The van der Waals surface area contributed by atoms with Crippen LogP contribution in [0.3, 0.4) is 0 Å². The molecule has 0 N–H and O–H groups in total. The quantitative estimate of drug-likeness (QED) is 0.751. The molecule has 3 nitrogen and oxygen atoms in total. The highest BCUT2D eigenvalue weighted by Gasteiger charge is 2.21. The lowest BCUT2D eigenvalue weighted by Crippen LogP contribution is -1.92. The fraction of sp³-hybridized carbons (Fsp3) is 0.286. The molecule has 0 unspecified atom stereocenters. The average molecular weight is 227 g/mol. The predicted octanol–water partition coefficient (Wildman–Crippen LogP) is 3.09. The molecule has 0 aliphatic heterocycles. The first-order chi connectivity index (χ1) is 8.16. The number of Topliss-reactive ketones (excluding diaryl/α,β-unsaturated/α-hetero) is 1. The van der Waals surface area contributed by atoms with Gasteiger partial charge in [0, 0.05) is 17.5 Å². The molecule has 0 radical (unpaired) electrons. The van der Waals surface area contributed by atoms with Crippen LogP contribution in [-0.2, 0) is 6.42 Å². The molecular weight excluding hydrogens is 214 g/mol. The van der Waals surface area contributed by atoms with Crippen LogP contribution in [0, 0.1) is 13.8 Å². The number of aromatic nitrogens is 1. The van der Waals surface area contributed by atoms with Gasteiger partial charge in [0.25, 0.3) is 0 Å². The summed E-state index contributed by atoms with van der Waals surface area (Å²) in [5.41, 5.74) is 4.92. The van der Waals surface area contributed by atoms with Crippen molar-refractivity contribution in [2.45, 2.75) is 26.7 Å². The highest BCUT2D eigenvalue weighted by Crippen LogP contribution is 2.31. The van der Waals surface area contributed by atoms with Crippen LogP contribution in [0.25, 0.3) is 11.1 Å². The number of carbonyl (C=O) groups excluding carboxylic acids is 1. The molecule has 1 aromatic heterocycles. The van der Waals surface area contributed by atoms with Crippen molar-refractivity contribution in [1.82, 2.24) is 5.16 Å². The number of fused-ring (bicyclic) bond motifs is 1. The summed E-state index contributed by atoms with van der Waals surface area (Å²) in [6.45, 7) is 3.81. The van der Waals surface area contributed by atoms with Gasteiger partial charge in [-0.05, 0) is 37.5 Å². The minimum Gasteiger partial charge on any atom is -0.361 e. The van der Waals surface area contributed by atoms with Gasteiger partial charge in [0.1, 0.15) is 5.76 Å². The first kappa shape index (κ1) is 10.3. The first-order valence-corrected chi connectivity index (χ1v) is 5.76. The lowest BCUT2D eigenvalue weighted by Gasteiger charge is -2.03. The maximum atomic E-state index is 11.7. The average Bonchev–Trinajstić information content (AvgIpc) is 2.84. The Morgan fingerprint density at radius 1 is 1.24 bits per heavy atom. The third kappa shape index (κ3) is 1.50. The molecule has 3 rings (SSSR count). The molecule has 0 spiro atoms. The van der Waals surface area contributed by atoms with Gasteiger partial charge in [-0.1, -0.05) is 17.3 Å². The minimum absolute atomic E-state index is 0.244. The topological polar surface area (TPSA) is 43.1 Å². The molecule has 0 amide bonds. The zero-order chi connectivity index (χ0) is 12.0. The predicted molar refractivity (Wildman–Crippen MR) is 64.1 cm³/mol. The number of benzene rings is 1. The third-order valence-corrected chi connectivity index (χ3v) is 3.35. The van der Waals surface area contributed by atoms with Gasteiger partial charge in [0.05, 0.1) is 5.69 Å². The van der Waals surface area contributed by atoms with Gasteiger partial charge in [-0.15, -0.1) is 0 Å². The van der Waals surface area contributed by atoms with Crippen LogP contribution in [0.1, 0.15) is 33.8 Å². The molecule has 1 aliphatic rings. The van der Waals surface area contributed by atoms with Gasteiger partial charge in [0.2, 0.25) is 0 Å². The Morgan fingerprint density at radius 3 is 2.76 bits per heavy atom. The van der Waals surface area contributed by atoms with Crippen molar-refractivity contribution in [3.05, 3.63) is 40.8 Å². The molecule has 1 aromatic carbocycles. The fourth-order valence-electron chi connectivity index (χ4n) is 2.49. The Morgan fingerprint density at radius 2 is 2.06 bits per heavy atom. The molecule has 2 aromatic rings. The van der Waals surface area contributed by atoms with E-state index in [2.05, 4.69) is 5.16 Å². The number of ketones is 1.